The van der Waals surface area contributed by atoms with E-state index in [1.54, 1.807) is 53.6 Å². The summed E-state index contributed by atoms with van der Waals surface area (Å²) in [5.41, 5.74) is 0.683. The number of ether oxygens (including phenoxy) is 3. The monoisotopic (exact) mass is 625 g/mol. The summed E-state index contributed by atoms with van der Waals surface area (Å²) in [7, 11) is 1.51. The molecule has 6 rings (SSSR count). The van der Waals surface area contributed by atoms with Gasteiger partial charge in [0.25, 0.3) is 0 Å². The fourth-order valence-corrected chi connectivity index (χ4v) is 5.88. The number of rotatable bonds is 10. The average molecular weight is 626 g/mol. The van der Waals surface area contributed by atoms with E-state index in [-0.39, 0.29) is 36.0 Å². The Hall–Kier alpha value is -4.83. The molecule has 1 saturated carbocycles. The normalized spacial score (nSPS) is 16.5. The number of nitrogens with zero attached hydrogens (tertiary/aromatic N) is 2. The maximum atomic E-state index is 13.2. The number of nitrogens with one attached hydrogen (secondary N) is 1. The van der Waals surface area contributed by atoms with Crippen LogP contribution in [0.5, 0.6) is 23.0 Å². The third-order valence-corrected chi connectivity index (χ3v) is 8.82. The average Bonchev–Trinajstić information content (AvgIpc) is 3.85. The van der Waals surface area contributed by atoms with E-state index >= 15 is 0 Å². The van der Waals surface area contributed by atoms with Crippen molar-refractivity contribution in [3.05, 3.63) is 89.9 Å². The molecule has 0 unspecified atom stereocenters. The minimum atomic E-state index is -0.951. The van der Waals surface area contributed by atoms with Gasteiger partial charge >= 0.3 is 6.09 Å². The van der Waals surface area contributed by atoms with Gasteiger partial charge in [-0.3, -0.25) is 14.6 Å². The molecule has 1 aliphatic carbocycles. The molecule has 1 amide bonds. The molecular formula is C36H36FN3O6. The fourth-order valence-electron chi connectivity index (χ4n) is 5.88. The number of aromatic nitrogens is 1. The first-order valence-electron chi connectivity index (χ1n) is 15.3. The quantitative estimate of drug-likeness (QED) is 0.212. The van der Waals surface area contributed by atoms with Crippen LogP contribution in [0.25, 0.3) is 10.9 Å². The van der Waals surface area contributed by atoms with Crippen molar-refractivity contribution in [3.63, 3.8) is 0 Å². The lowest BCUT2D eigenvalue weighted by molar-refractivity contribution is -0.133. The molecule has 2 fully saturated rings. The van der Waals surface area contributed by atoms with Crippen LogP contribution in [0.3, 0.4) is 0 Å². The summed E-state index contributed by atoms with van der Waals surface area (Å²) < 4.78 is 30.8. The van der Waals surface area contributed by atoms with Crippen LogP contribution >= 0.6 is 0 Å². The molecule has 46 heavy (non-hydrogen) atoms. The van der Waals surface area contributed by atoms with E-state index < -0.39 is 17.0 Å². The van der Waals surface area contributed by atoms with Crippen molar-refractivity contribution in [2.24, 2.45) is 5.41 Å². The zero-order chi connectivity index (χ0) is 32.5. The third kappa shape index (κ3) is 6.44. The van der Waals surface area contributed by atoms with E-state index in [0.29, 0.717) is 66.2 Å². The molecule has 1 saturated heterocycles. The number of pyridine rings is 1. The van der Waals surface area contributed by atoms with Gasteiger partial charge in [-0.25, -0.2) is 9.18 Å². The topological polar surface area (TPSA) is 107 Å². The Morgan fingerprint density at radius 2 is 1.54 bits per heavy atom. The molecule has 1 N–H and O–H groups in total. The second kappa shape index (κ2) is 12.5. The first-order valence-corrected chi connectivity index (χ1v) is 15.3. The molecule has 0 bridgehead atoms. The lowest BCUT2D eigenvalue weighted by Gasteiger charge is -2.41. The van der Waals surface area contributed by atoms with Gasteiger partial charge in [0, 0.05) is 50.1 Å². The first kappa shape index (κ1) is 31.2. The lowest BCUT2D eigenvalue weighted by atomic mass is 9.88. The van der Waals surface area contributed by atoms with Crippen molar-refractivity contribution in [3.8, 4) is 23.0 Å². The molecule has 9 nitrogen and oxygen atoms in total. The van der Waals surface area contributed by atoms with Gasteiger partial charge in [0.15, 0.2) is 23.1 Å². The van der Waals surface area contributed by atoms with Crippen molar-refractivity contribution < 1.29 is 33.0 Å². The summed E-state index contributed by atoms with van der Waals surface area (Å²) in [6, 6.07) is 18.1. The van der Waals surface area contributed by atoms with E-state index in [9.17, 15) is 18.8 Å². The molecule has 2 heterocycles. The molecule has 0 spiro atoms. The molecule has 2 aliphatic rings. The highest BCUT2D eigenvalue weighted by atomic mass is 19.1. The van der Waals surface area contributed by atoms with Gasteiger partial charge in [-0.05, 0) is 74.2 Å². The molecule has 4 aromatic rings. The Balaban J connectivity index is 1.13. The van der Waals surface area contributed by atoms with E-state index in [1.165, 1.54) is 19.2 Å². The van der Waals surface area contributed by atoms with Gasteiger partial charge < -0.3 is 24.4 Å². The van der Waals surface area contributed by atoms with Gasteiger partial charge in [-0.1, -0.05) is 24.3 Å². The van der Waals surface area contributed by atoms with Crippen LogP contribution in [0.15, 0.2) is 72.9 Å². The van der Waals surface area contributed by atoms with Crippen molar-refractivity contribution in [1.82, 2.24) is 15.2 Å². The van der Waals surface area contributed by atoms with Crippen molar-refractivity contribution in [2.75, 3.05) is 26.7 Å². The molecule has 0 radical (unpaired) electrons. The van der Waals surface area contributed by atoms with Crippen LogP contribution in [-0.4, -0.2) is 59.8 Å². The van der Waals surface area contributed by atoms with E-state index in [4.69, 9.17) is 14.2 Å². The molecule has 1 aromatic heterocycles. The van der Waals surface area contributed by atoms with Crippen molar-refractivity contribution >= 4 is 28.6 Å². The maximum Gasteiger partial charge on any atom is 0.415 e. The lowest BCUT2D eigenvalue weighted by Crippen LogP contribution is -2.60. The number of hydrogen-bond donors (Lipinski definition) is 1. The number of Topliss-reactive ketones (excluding diaryl/α,β-unsaturated/α-hetero) is 2. The second-order valence-corrected chi connectivity index (χ2v) is 12.5. The number of hydrogen-bond acceptors (Lipinski definition) is 8. The van der Waals surface area contributed by atoms with Crippen molar-refractivity contribution in [2.45, 2.75) is 45.1 Å². The standard InChI is InChI=1S/C36H36FN3O6/c1-35(2)22-38-16-17-40(35)34(43)46-31-21-28-27(20-30(31)44-3)29(12-15-39-28)45-26-10-6-24(7-11-26)19-33(42)36(13-14-36)32(41)18-23-4-8-25(37)9-5-23/h4-12,15,20-21,38H,13-14,16-19,22H2,1-3H3. The van der Waals surface area contributed by atoms with Crippen LogP contribution in [0.4, 0.5) is 9.18 Å². The highest BCUT2D eigenvalue weighted by Gasteiger charge is 2.54. The molecule has 1 aliphatic heterocycles. The Labute approximate surface area is 266 Å². The van der Waals surface area contributed by atoms with Crippen molar-refractivity contribution in [1.29, 1.82) is 0 Å². The predicted molar refractivity (Wildman–Crippen MR) is 170 cm³/mol. The summed E-state index contributed by atoms with van der Waals surface area (Å²) in [5.74, 6) is 1.12. The summed E-state index contributed by atoms with van der Waals surface area (Å²) in [6.07, 6.45) is 2.49. The molecule has 238 valence electrons. The zero-order valence-corrected chi connectivity index (χ0v) is 26.1. The summed E-state index contributed by atoms with van der Waals surface area (Å²) in [4.78, 5) is 45.5. The number of methoxy groups -OCH3 is 1. The van der Waals surface area contributed by atoms with E-state index in [0.717, 1.165) is 5.56 Å². The largest absolute Gasteiger partial charge is 0.493 e. The van der Waals surface area contributed by atoms with Crippen LogP contribution in [-0.2, 0) is 22.4 Å². The summed E-state index contributed by atoms with van der Waals surface area (Å²) >= 11 is 0. The molecular weight excluding hydrogens is 589 g/mol. The summed E-state index contributed by atoms with van der Waals surface area (Å²) in [5, 5.41) is 3.96. The Morgan fingerprint density at radius 3 is 2.15 bits per heavy atom. The minimum absolute atomic E-state index is 0.0995. The second-order valence-electron chi connectivity index (χ2n) is 12.5. The molecule has 10 heteroatoms. The van der Waals surface area contributed by atoms with Gasteiger partial charge in [-0.2, -0.15) is 0 Å². The number of amides is 1. The number of halogens is 1. The highest BCUT2D eigenvalue weighted by Crippen LogP contribution is 2.49. The van der Waals surface area contributed by atoms with Crippen LogP contribution < -0.4 is 19.5 Å². The highest BCUT2D eigenvalue weighted by molar-refractivity contribution is 6.11. The van der Waals surface area contributed by atoms with Crippen LogP contribution in [0.1, 0.15) is 37.8 Å². The smallest absolute Gasteiger partial charge is 0.415 e. The number of fused-ring (bicyclic) bond motifs is 1. The van der Waals surface area contributed by atoms with Crippen LogP contribution in [0.2, 0.25) is 0 Å². The molecule has 0 atom stereocenters. The van der Waals surface area contributed by atoms with E-state index in [1.807, 2.05) is 26.0 Å². The van der Waals surface area contributed by atoms with Gasteiger partial charge in [0.2, 0.25) is 0 Å². The summed E-state index contributed by atoms with van der Waals surface area (Å²) in [6.45, 7) is 5.84. The molecule has 3 aromatic carbocycles. The number of ketones is 2. The van der Waals surface area contributed by atoms with Gasteiger partial charge in [0.1, 0.15) is 17.3 Å². The predicted octanol–water partition coefficient (Wildman–Crippen LogP) is 6.06. The Bertz CT molecular complexity index is 1780. The van der Waals surface area contributed by atoms with Gasteiger partial charge in [0.05, 0.1) is 23.6 Å². The number of benzene rings is 3. The minimum Gasteiger partial charge on any atom is -0.493 e. The SMILES string of the molecule is COc1cc2c(Oc3ccc(CC(=O)C4(C(=O)Cc5ccc(F)cc5)CC4)cc3)ccnc2cc1OC(=O)N1CCNCC1(C)C. The van der Waals surface area contributed by atoms with Crippen LogP contribution in [0, 0.1) is 11.2 Å². The Kier molecular flexibility index (Phi) is 8.48. The number of carbonyl (C=O) groups is 3. The zero-order valence-electron chi connectivity index (χ0n) is 26.1. The van der Waals surface area contributed by atoms with Gasteiger partial charge in [-0.15, -0.1) is 0 Å². The van der Waals surface area contributed by atoms with E-state index in [2.05, 4.69) is 10.3 Å². The fraction of sp³-hybridized carbons (Fsp3) is 0.333. The first-order chi connectivity index (χ1) is 22.1. The maximum absolute atomic E-state index is 13.2. The number of piperazine rings is 1. The third-order valence-electron chi connectivity index (χ3n) is 8.82. The Morgan fingerprint density at radius 1 is 0.891 bits per heavy atom. The number of carbonyl (C=O) groups excluding carboxylic acids is 3.